The second kappa shape index (κ2) is 6.24. The molecule has 0 spiro atoms. The summed E-state index contributed by atoms with van der Waals surface area (Å²) in [6.45, 7) is 1.46. The van der Waals surface area contributed by atoms with E-state index in [0.717, 1.165) is 30.5 Å². The number of carbonyl (C=O) groups is 1. The summed E-state index contributed by atoms with van der Waals surface area (Å²) in [5.41, 5.74) is 0.461. The van der Waals surface area contributed by atoms with E-state index in [4.69, 9.17) is 0 Å². The second-order valence-corrected chi connectivity index (χ2v) is 7.53. The molecular formula is C18H18F2N2OS. The first kappa shape index (κ1) is 15.7. The standard InChI is InChI=1S/C18H18F2N2OS/c19-12-3-4-13(16(20)8-12)14-9-15(14)18(23)22-6-1-2-11(10-22)17-21-5-7-24-17/h3-5,7-8,11,14-15H,1-2,6,9-10H2/t11-,14-,15+/m0/s1. The van der Waals surface area contributed by atoms with Crippen LogP contribution in [0.4, 0.5) is 8.78 Å². The smallest absolute Gasteiger partial charge is 0.226 e. The lowest BCUT2D eigenvalue weighted by Gasteiger charge is -2.32. The third-order valence-electron chi connectivity index (χ3n) is 5.00. The van der Waals surface area contributed by atoms with Gasteiger partial charge in [0.2, 0.25) is 5.91 Å². The highest BCUT2D eigenvalue weighted by Gasteiger charge is 2.47. The highest BCUT2D eigenvalue weighted by molar-refractivity contribution is 7.09. The van der Waals surface area contributed by atoms with Gasteiger partial charge in [-0.25, -0.2) is 13.8 Å². The van der Waals surface area contributed by atoms with E-state index in [1.54, 1.807) is 17.5 Å². The van der Waals surface area contributed by atoms with Gasteiger partial charge in [-0.05, 0) is 36.8 Å². The van der Waals surface area contributed by atoms with Crippen molar-refractivity contribution in [2.24, 2.45) is 5.92 Å². The Hall–Kier alpha value is -1.82. The third-order valence-corrected chi connectivity index (χ3v) is 5.94. The number of nitrogens with zero attached hydrogens (tertiary/aromatic N) is 2. The van der Waals surface area contributed by atoms with Crippen molar-refractivity contribution in [2.75, 3.05) is 13.1 Å². The van der Waals surface area contributed by atoms with Gasteiger partial charge in [-0.15, -0.1) is 11.3 Å². The molecule has 24 heavy (non-hydrogen) atoms. The summed E-state index contributed by atoms with van der Waals surface area (Å²) in [5.74, 6) is -0.998. The van der Waals surface area contributed by atoms with Gasteiger partial charge in [0.05, 0.1) is 5.01 Å². The van der Waals surface area contributed by atoms with Gasteiger partial charge in [0.1, 0.15) is 11.6 Å². The summed E-state index contributed by atoms with van der Waals surface area (Å²) < 4.78 is 26.9. The molecule has 3 nitrogen and oxygen atoms in total. The number of carbonyl (C=O) groups excluding carboxylic acids is 1. The molecule has 0 unspecified atom stereocenters. The Labute approximate surface area is 143 Å². The van der Waals surface area contributed by atoms with Crippen LogP contribution in [0, 0.1) is 17.6 Å². The Morgan fingerprint density at radius 2 is 2.21 bits per heavy atom. The molecule has 1 aliphatic heterocycles. The molecule has 2 aliphatic rings. The molecule has 0 N–H and O–H groups in total. The fraction of sp³-hybridized carbons (Fsp3) is 0.444. The van der Waals surface area contributed by atoms with Gasteiger partial charge >= 0.3 is 0 Å². The van der Waals surface area contributed by atoms with Gasteiger partial charge in [0, 0.05) is 42.6 Å². The van der Waals surface area contributed by atoms with Gasteiger partial charge in [-0.2, -0.15) is 0 Å². The molecule has 126 valence electrons. The summed E-state index contributed by atoms with van der Waals surface area (Å²) >= 11 is 1.63. The van der Waals surface area contributed by atoms with E-state index in [9.17, 15) is 13.6 Å². The van der Waals surface area contributed by atoms with Crippen molar-refractivity contribution >= 4 is 17.2 Å². The number of likely N-dealkylation sites (tertiary alicyclic amines) is 1. The summed E-state index contributed by atoms with van der Waals surface area (Å²) in [5, 5.41) is 3.05. The van der Waals surface area contributed by atoms with Gasteiger partial charge in [-0.3, -0.25) is 4.79 Å². The zero-order chi connectivity index (χ0) is 16.7. The number of benzene rings is 1. The van der Waals surface area contributed by atoms with Crippen molar-refractivity contribution in [1.29, 1.82) is 0 Å². The van der Waals surface area contributed by atoms with Gasteiger partial charge < -0.3 is 4.90 Å². The van der Waals surface area contributed by atoms with Crippen LogP contribution < -0.4 is 0 Å². The highest BCUT2D eigenvalue weighted by Crippen LogP contribution is 2.49. The lowest BCUT2D eigenvalue weighted by molar-refractivity contribution is -0.133. The molecule has 2 fully saturated rings. The minimum atomic E-state index is -0.581. The molecule has 3 atom stereocenters. The number of halogens is 2. The summed E-state index contributed by atoms with van der Waals surface area (Å²) in [6.07, 6.45) is 4.48. The van der Waals surface area contributed by atoms with Gasteiger partial charge in [-0.1, -0.05) is 6.07 Å². The number of hydrogen-bond donors (Lipinski definition) is 0. The van der Waals surface area contributed by atoms with Crippen molar-refractivity contribution in [1.82, 2.24) is 9.88 Å². The number of hydrogen-bond acceptors (Lipinski definition) is 3. The van der Waals surface area contributed by atoms with Crippen molar-refractivity contribution in [2.45, 2.75) is 31.1 Å². The SMILES string of the molecule is O=C([C@@H]1C[C@H]1c1ccc(F)cc1F)N1CCC[C@H](c2nccs2)C1. The fourth-order valence-corrected chi connectivity index (χ4v) is 4.43. The van der Waals surface area contributed by atoms with Crippen LogP contribution >= 0.6 is 11.3 Å². The van der Waals surface area contributed by atoms with Crippen LogP contribution in [0.1, 0.15) is 41.7 Å². The largest absolute Gasteiger partial charge is 0.342 e. The Morgan fingerprint density at radius 3 is 2.96 bits per heavy atom. The Kier molecular flexibility index (Phi) is 4.08. The molecule has 6 heteroatoms. The third kappa shape index (κ3) is 2.95. The lowest BCUT2D eigenvalue weighted by Crippen LogP contribution is -2.40. The molecule has 1 amide bonds. The molecule has 0 bridgehead atoms. The van der Waals surface area contributed by atoms with Crippen LogP contribution in [0.15, 0.2) is 29.8 Å². The zero-order valence-electron chi connectivity index (χ0n) is 13.1. The Morgan fingerprint density at radius 1 is 1.33 bits per heavy atom. The Balaban J connectivity index is 1.43. The Bertz CT molecular complexity index is 749. The molecule has 1 aliphatic carbocycles. The molecular weight excluding hydrogens is 330 g/mol. The molecule has 4 rings (SSSR count). The van der Waals surface area contributed by atoms with E-state index in [1.807, 2.05) is 10.3 Å². The molecule has 0 radical (unpaired) electrons. The highest BCUT2D eigenvalue weighted by atomic mass is 32.1. The molecule has 1 saturated heterocycles. The van der Waals surface area contributed by atoms with Gasteiger partial charge in [0.25, 0.3) is 0 Å². The number of thiazole rings is 1. The fourth-order valence-electron chi connectivity index (χ4n) is 3.66. The second-order valence-electron chi connectivity index (χ2n) is 6.61. The molecule has 2 heterocycles. The van der Waals surface area contributed by atoms with Crippen molar-refractivity contribution in [3.63, 3.8) is 0 Å². The first-order chi connectivity index (χ1) is 11.6. The lowest BCUT2D eigenvalue weighted by atomic mass is 9.98. The quantitative estimate of drug-likeness (QED) is 0.842. The summed E-state index contributed by atoms with van der Waals surface area (Å²) in [7, 11) is 0. The van der Waals surface area contributed by atoms with Crippen LogP contribution in [0.25, 0.3) is 0 Å². The molecule has 1 saturated carbocycles. The van der Waals surface area contributed by atoms with Crippen LogP contribution in [-0.2, 0) is 4.79 Å². The van der Waals surface area contributed by atoms with Crippen LogP contribution in [-0.4, -0.2) is 28.9 Å². The number of amides is 1. The van der Waals surface area contributed by atoms with E-state index in [-0.39, 0.29) is 17.7 Å². The number of aromatic nitrogens is 1. The maximum Gasteiger partial charge on any atom is 0.226 e. The van der Waals surface area contributed by atoms with E-state index in [2.05, 4.69) is 4.98 Å². The van der Waals surface area contributed by atoms with Crippen molar-refractivity contribution in [3.05, 3.63) is 52.0 Å². The zero-order valence-corrected chi connectivity index (χ0v) is 13.9. The van der Waals surface area contributed by atoms with Crippen molar-refractivity contribution < 1.29 is 13.6 Å². The summed E-state index contributed by atoms with van der Waals surface area (Å²) in [6, 6.07) is 3.63. The monoisotopic (exact) mass is 348 g/mol. The van der Waals surface area contributed by atoms with E-state index in [1.165, 1.54) is 12.1 Å². The van der Waals surface area contributed by atoms with E-state index in [0.29, 0.717) is 24.4 Å². The van der Waals surface area contributed by atoms with Gasteiger partial charge in [0.15, 0.2) is 0 Å². The van der Waals surface area contributed by atoms with E-state index < -0.39 is 11.6 Å². The topological polar surface area (TPSA) is 33.2 Å². The van der Waals surface area contributed by atoms with Crippen LogP contribution in [0.2, 0.25) is 0 Å². The number of rotatable bonds is 3. The summed E-state index contributed by atoms with van der Waals surface area (Å²) in [4.78, 5) is 19.0. The minimum Gasteiger partial charge on any atom is -0.342 e. The van der Waals surface area contributed by atoms with E-state index >= 15 is 0 Å². The predicted octanol–water partition coefficient (Wildman–Crippen LogP) is 3.93. The predicted molar refractivity (Wildman–Crippen MR) is 87.9 cm³/mol. The maximum atomic E-state index is 13.9. The normalized spacial score (nSPS) is 26.4. The minimum absolute atomic E-state index is 0.102. The first-order valence-electron chi connectivity index (χ1n) is 8.26. The molecule has 1 aromatic heterocycles. The average Bonchev–Trinajstić information content (AvgIpc) is 3.17. The molecule has 1 aromatic carbocycles. The van der Waals surface area contributed by atoms with Crippen molar-refractivity contribution in [3.8, 4) is 0 Å². The van der Waals surface area contributed by atoms with Crippen LogP contribution in [0.3, 0.4) is 0 Å². The first-order valence-corrected chi connectivity index (χ1v) is 9.14. The molecule has 2 aromatic rings. The maximum absolute atomic E-state index is 13.9. The number of piperidine rings is 1. The average molecular weight is 348 g/mol. The van der Waals surface area contributed by atoms with Crippen LogP contribution in [0.5, 0.6) is 0 Å².